The second-order valence-electron chi connectivity index (χ2n) is 8.77. The number of anilines is 1. The number of hydrogen-bond donors (Lipinski definition) is 1. The number of aryl methyl sites for hydroxylation is 1. The number of rotatable bonds is 5. The normalized spacial score (nSPS) is 18.3. The molecule has 2 atom stereocenters. The zero-order valence-corrected chi connectivity index (χ0v) is 19.2. The molecule has 3 heterocycles. The molecule has 2 aromatic heterocycles. The van der Waals surface area contributed by atoms with Gasteiger partial charge in [0.25, 0.3) is 11.9 Å². The van der Waals surface area contributed by atoms with E-state index in [1.54, 1.807) is 24.5 Å². The van der Waals surface area contributed by atoms with Crippen LogP contribution in [0.3, 0.4) is 0 Å². The molecule has 1 saturated heterocycles. The quantitative estimate of drug-likeness (QED) is 0.448. The van der Waals surface area contributed by atoms with Gasteiger partial charge in [0.05, 0.1) is 11.6 Å². The number of benzene rings is 2. The lowest BCUT2D eigenvalue weighted by atomic mass is 9.89. The number of aromatic nitrogens is 3. The molecule has 7 nitrogen and oxygen atoms in total. The van der Waals surface area contributed by atoms with Crippen LogP contribution >= 0.6 is 0 Å². The van der Waals surface area contributed by atoms with Crippen molar-refractivity contribution in [2.24, 2.45) is 5.92 Å². The van der Waals surface area contributed by atoms with Gasteiger partial charge in [-0.3, -0.25) is 4.79 Å². The van der Waals surface area contributed by atoms with E-state index in [-0.39, 0.29) is 23.7 Å². The Kier molecular flexibility index (Phi) is 5.96. The Morgan fingerprint density at radius 1 is 1.21 bits per heavy atom. The molecule has 1 aliphatic heterocycles. The molecule has 0 spiro atoms. The molecular formula is C26H26FN5O2. The van der Waals surface area contributed by atoms with Crippen LogP contribution in [0.2, 0.25) is 0 Å². The number of likely N-dealkylation sites (tertiary alicyclic amines) is 1. The summed E-state index contributed by atoms with van der Waals surface area (Å²) in [4.78, 5) is 29.0. The predicted octanol–water partition coefficient (Wildman–Crippen LogP) is 5.09. The molecule has 1 N–H and O–H groups in total. The van der Waals surface area contributed by atoms with E-state index in [9.17, 15) is 9.18 Å². The molecule has 1 fully saturated rings. The lowest BCUT2D eigenvalue weighted by Crippen LogP contribution is -2.51. The van der Waals surface area contributed by atoms with Crippen molar-refractivity contribution in [3.63, 3.8) is 0 Å². The number of fused-ring (bicyclic) bond motifs is 1. The Bertz CT molecular complexity index is 1320. The van der Waals surface area contributed by atoms with Crippen LogP contribution in [0.5, 0.6) is 0 Å². The smallest absolute Gasteiger partial charge is 0.295 e. The summed E-state index contributed by atoms with van der Waals surface area (Å²) in [6, 6.07) is 12.0. The highest BCUT2D eigenvalue weighted by atomic mass is 19.1. The minimum atomic E-state index is -0.360. The van der Waals surface area contributed by atoms with Crippen molar-refractivity contribution in [1.82, 2.24) is 19.9 Å². The molecule has 1 amide bonds. The van der Waals surface area contributed by atoms with Crippen LogP contribution in [-0.4, -0.2) is 44.9 Å². The molecule has 0 saturated carbocycles. The summed E-state index contributed by atoms with van der Waals surface area (Å²) < 4.78 is 19.2. The molecule has 1 aliphatic rings. The highest BCUT2D eigenvalue weighted by molar-refractivity contribution is 6.01. The lowest BCUT2D eigenvalue weighted by molar-refractivity contribution is 0.0539. The Morgan fingerprint density at radius 2 is 2.03 bits per heavy atom. The highest BCUT2D eigenvalue weighted by Crippen LogP contribution is 2.30. The SMILES string of the molecule is Cc1cccc(-c2ncccn2)c1C(=O)N1CCCC(C)C1CNc1nc2cc(F)ccc2o1. The maximum absolute atomic E-state index is 13.9. The van der Waals surface area contributed by atoms with Crippen molar-refractivity contribution in [3.05, 3.63) is 71.8 Å². The molecule has 0 radical (unpaired) electrons. The fourth-order valence-corrected chi connectivity index (χ4v) is 4.70. The molecule has 174 valence electrons. The summed E-state index contributed by atoms with van der Waals surface area (Å²) in [5.41, 5.74) is 3.22. The van der Waals surface area contributed by atoms with Gasteiger partial charge in [-0.05, 0) is 49.4 Å². The molecule has 2 unspecified atom stereocenters. The first-order valence-corrected chi connectivity index (χ1v) is 11.5. The van der Waals surface area contributed by atoms with E-state index < -0.39 is 0 Å². The summed E-state index contributed by atoms with van der Waals surface area (Å²) in [6.07, 6.45) is 5.33. The fraction of sp³-hybridized carbons (Fsp3) is 0.308. The third kappa shape index (κ3) is 4.23. The van der Waals surface area contributed by atoms with E-state index in [0.717, 1.165) is 24.0 Å². The Morgan fingerprint density at radius 3 is 2.85 bits per heavy atom. The Hall–Kier alpha value is -3.81. The van der Waals surface area contributed by atoms with Gasteiger partial charge in [0, 0.05) is 37.1 Å². The van der Waals surface area contributed by atoms with Crippen molar-refractivity contribution in [2.45, 2.75) is 32.7 Å². The van der Waals surface area contributed by atoms with Crippen molar-refractivity contribution < 1.29 is 13.6 Å². The summed E-state index contributed by atoms with van der Waals surface area (Å²) in [5.74, 6) is 0.431. The zero-order chi connectivity index (χ0) is 23.7. The van der Waals surface area contributed by atoms with Crippen LogP contribution in [0.4, 0.5) is 10.4 Å². The van der Waals surface area contributed by atoms with Crippen molar-refractivity contribution >= 4 is 23.0 Å². The van der Waals surface area contributed by atoms with Gasteiger partial charge < -0.3 is 14.6 Å². The standard InChI is InChI=1S/C26H26FN5O2/c1-16-7-4-13-32(21(16)15-30-26-31-20-14-18(27)9-10-22(20)34-26)25(33)23-17(2)6-3-8-19(23)24-28-11-5-12-29-24/h3,5-6,8-12,14,16,21H,4,7,13,15H2,1-2H3,(H,30,31). The number of nitrogens with one attached hydrogen (secondary N) is 1. The number of halogens is 1. The lowest BCUT2D eigenvalue weighted by Gasteiger charge is -2.40. The first-order chi connectivity index (χ1) is 16.5. The van der Waals surface area contributed by atoms with Gasteiger partial charge >= 0.3 is 0 Å². The van der Waals surface area contributed by atoms with Crippen LogP contribution < -0.4 is 5.32 Å². The van der Waals surface area contributed by atoms with Crippen molar-refractivity contribution in [2.75, 3.05) is 18.4 Å². The number of hydrogen-bond acceptors (Lipinski definition) is 6. The van der Waals surface area contributed by atoms with E-state index in [2.05, 4.69) is 27.2 Å². The number of carbonyl (C=O) groups is 1. The van der Waals surface area contributed by atoms with Gasteiger partial charge in [-0.15, -0.1) is 0 Å². The van der Waals surface area contributed by atoms with E-state index in [4.69, 9.17) is 4.42 Å². The molecule has 8 heteroatoms. The van der Waals surface area contributed by atoms with Gasteiger partial charge in [0.1, 0.15) is 11.3 Å². The van der Waals surface area contributed by atoms with Crippen molar-refractivity contribution in [3.8, 4) is 11.4 Å². The van der Waals surface area contributed by atoms with E-state index in [1.165, 1.54) is 12.1 Å². The number of piperidine rings is 1. The third-order valence-electron chi connectivity index (χ3n) is 6.48. The molecule has 0 bridgehead atoms. The minimum Gasteiger partial charge on any atom is -0.424 e. The summed E-state index contributed by atoms with van der Waals surface area (Å²) in [7, 11) is 0. The first-order valence-electron chi connectivity index (χ1n) is 11.5. The Labute approximate surface area is 197 Å². The maximum atomic E-state index is 13.9. The van der Waals surface area contributed by atoms with Crippen molar-refractivity contribution in [1.29, 1.82) is 0 Å². The molecule has 0 aliphatic carbocycles. The van der Waals surface area contributed by atoms with Gasteiger partial charge in [-0.1, -0.05) is 25.1 Å². The highest BCUT2D eigenvalue weighted by Gasteiger charge is 2.34. The monoisotopic (exact) mass is 459 g/mol. The number of carbonyl (C=O) groups excluding carboxylic acids is 1. The van der Waals surface area contributed by atoms with Crippen LogP contribution in [0.1, 0.15) is 35.7 Å². The largest absolute Gasteiger partial charge is 0.424 e. The molecule has 2 aromatic carbocycles. The number of oxazole rings is 1. The zero-order valence-electron chi connectivity index (χ0n) is 19.2. The number of amides is 1. The van der Waals surface area contributed by atoms with E-state index in [0.29, 0.717) is 41.6 Å². The van der Waals surface area contributed by atoms with Crippen LogP contribution in [0, 0.1) is 18.7 Å². The van der Waals surface area contributed by atoms with E-state index >= 15 is 0 Å². The molecule has 5 rings (SSSR count). The molecule has 34 heavy (non-hydrogen) atoms. The average molecular weight is 460 g/mol. The fourth-order valence-electron chi connectivity index (χ4n) is 4.70. The van der Waals surface area contributed by atoms with Crippen LogP contribution in [0.15, 0.2) is 59.3 Å². The summed E-state index contributed by atoms with van der Waals surface area (Å²) in [6.45, 7) is 5.24. The Balaban J connectivity index is 1.42. The summed E-state index contributed by atoms with van der Waals surface area (Å²) >= 11 is 0. The summed E-state index contributed by atoms with van der Waals surface area (Å²) in [5, 5.41) is 3.23. The van der Waals surface area contributed by atoms with Crippen LogP contribution in [-0.2, 0) is 0 Å². The minimum absolute atomic E-state index is 0.0291. The molecule has 4 aromatic rings. The molecular weight excluding hydrogens is 433 g/mol. The van der Waals surface area contributed by atoms with Crippen LogP contribution in [0.25, 0.3) is 22.5 Å². The van der Waals surface area contributed by atoms with E-state index in [1.807, 2.05) is 30.0 Å². The van der Waals surface area contributed by atoms with Gasteiger partial charge in [0.2, 0.25) is 0 Å². The average Bonchev–Trinajstić information content (AvgIpc) is 3.25. The topological polar surface area (TPSA) is 84.2 Å². The second-order valence-corrected chi connectivity index (χ2v) is 8.77. The third-order valence-corrected chi connectivity index (χ3v) is 6.48. The first kappa shape index (κ1) is 22.0. The maximum Gasteiger partial charge on any atom is 0.295 e. The van der Waals surface area contributed by atoms with Gasteiger partial charge in [-0.25, -0.2) is 14.4 Å². The number of nitrogens with zero attached hydrogens (tertiary/aromatic N) is 4. The van der Waals surface area contributed by atoms with Gasteiger partial charge in [-0.2, -0.15) is 4.98 Å². The predicted molar refractivity (Wildman–Crippen MR) is 128 cm³/mol. The second kappa shape index (κ2) is 9.21. The van der Waals surface area contributed by atoms with Gasteiger partial charge in [0.15, 0.2) is 11.4 Å².